The van der Waals surface area contributed by atoms with Gasteiger partial charge in [-0.25, -0.2) is 0 Å². The van der Waals surface area contributed by atoms with E-state index in [1.54, 1.807) is 12.1 Å². The van der Waals surface area contributed by atoms with Gasteiger partial charge >= 0.3 is 0 Å². The number of methoxy groups -OCH3 is 1. The van der Waals surface area contributed by atoms with Crippen molar-refractivity contribution >= 4 is 5.91 Å². The predicted octanol–water partition coefficient (Wildman–Crippen LogP) is 1.21. The van der Waals surface area contributed by atoms with E-state index in [0.29, 0.717) is 5.56 Å². The van der Waals surface area contributed by atoms with E-state index in [1.165, 1.54) is 7.11 Å². The van der Waals surface area contributed by atoms with Gasteiger partial charge in [0, 0.05) is 37.3 Å². The first kappa shape index (κ1) is 14.3. The molecule has 1 aromatic carbocycles. The topological polar surface area (TPSA) is 63.5 Å². The number of nitrogens with one attached hydrogen (secondary N) is 1. The van der Waals surface area contributed by atoms with Crippen molar-refractivity contribution in [1.29, 1.82) is 0 Å². The molecular formula is C15H18N2O3. The highest BCUT2D eigenvalue weighted by atomic mass is 16.5. The Kier molecular flexibility index (Phi) is 4.92. The number of rotatable bonds is 6. The largest absolute Gasteiger partial charge is 0.389 e. The summed E-state index contributed by atoms with van der Waals surface area (Å²) in [7, 11) is 1.50. The summed E-state index contributed by atoms with van der Waals surface area (Å²) in [6, 6.07) is 11.2. The molecule has 1 amide bonds. The minimum Gasteiger partial charge on any atom is -0.389 e. The van der Waals surface area contributed by atoms with Crippen molar-refractivity contribution in [2.24, 2.45) is 0 Å². The van der Waals surface area contributed by atoms with Crippen LogP contribution in [0.5, 0.6) is 0 Å². The van der Waals surface area contributed by atoms with E-state index in [-0.39, 0.29) is 19.1 Å². The molecule has 1 heterocycles. The standard InChI is InChI=1S/C15H18N2O3/c1-20-11-14(18)10-16-15(19)12-4-6-13(7-5-12)17-8-2-3-9-17/h2-9,14,18H,10-11H2,1H3,(H,16,19). The van der Waals surface area contributed by atoms with Crippen LogP contribution in [0.2, 0.25) is 0 Å². The lowest BCUT2D eigenvalue weighted by Gasteiger charge is -2.11. The van der Waals surface area contributed by atoms with Crippen LogP contribution in [0.15, 0.2) is 48.8 Å². The van der Waals surface area contributed by atoms with Crippen LogP contribution in [-0.4, -0.2) is 41.9 Å². The first-order valence-electron chi connectivity index (χ1n) is 6.39. The fourth-order valence-corrected chi connectivity index (χ4v) is 1.86. The molecule has 5 heteroatoms. The van der Waals surface area contributed by atoms with E-state index in [1.807, 2.05) is 41.2 Å². The highest BCUT2D eigenvalue weighted by Crippen LogP contribution is 2.09. The molecule has 0 radical (unpaired) electrons. The normalized spacial score (nSPS) is 12.1. The van der Waals surface area contributed by atoms with Crippen LogP contribution in [0.4, 0.5) is 0 Å². The number of benzene rings is 1. The van der Waals surface area contributed by atoms with Gasteiger partial charge in [0.1, 0.15) is 0 Å². The van der Waals surface area contributed by atoms with Crippen LogP contribution in [0.3, 0.4) is 0 Å². The van der Waals surface area contributed by atoms with Gasteiger partial charge in [-0.05, 0) is 36.4 Å². The van der Waals surface area contributed by atoms with E-state index in [9.17, 15) is 9.90 Å². The average Bonchev–Trinajstić information content (AvgIpc) is 2.99. The number of aliphatic hydroxyl groups is 1. The van der Waals surface area contributed by atoms with Crippen molar-refractivity contribution < 1.29 is 14.6 Å². The molecule has 0 aliphatic heterocycles. The minimum atomic E-state index is -0.692. The number of carbonyl (C=O) groups is 1. The smallest absolute Gasteiger partial charge is 0.251 e. The Morgan fingerprint density at radius 1 is 1.30 bits per heavy atom. The van der Waals surface area contributed by atoms with Crippen LogP contribution < -0.4 is 5.32 Å². The van der Waals surface area contributed by atoms with Gasteiger partial charge in [0.15, 0.2) is 0 Å². The third-order valence-electron chi connectivity index (χ3n) is 2.89. The molecule has 0 aliphatic carbocycles. The Hall–Kier alpha value is -2.11. The third-order valence-corrected chi connectivity index (χ3v) is 2.89. The Morgan fingerprint density at radius 3 is 2.55 bits per heavy atom. The highest BCUT2D eigenvalue weighted by molar-refractivity contribution is 5.94. The first-order valence-corrected chi connectivity index (χ1v) is 6.39. The predicted molar refractivity (Wildman–Crippen MR) is 76.0 cm³/mol. The maximum atomic E-state index is 11.9. The SMILES string of the molecule is COCC(O)CNC(=O)c1ccc(-n2cccc2)cc1. The molecular weight excluding hydrogens is 256 g/mol. The number of amides is 1. The van der Waals surface area contributed by atoms with Gasteiger partial charge in [0.2, 0.25) is 0 Å². The van der Waals surface area contributed by atoms with Gasteiger partial charge in [0.05, 0.1) is 12.7 Å². The molecule has 0 bridgehead atoms. The summed E-state index contributed by atoms with van der Waals surface area (Å²) in [4.78, 5) is 11.9. The van der Waals surface area contributed by atoms with Crippen molar-refractivity contribution in [3.8, 4) is 5.69 Å². The van der Waals surface area contributed by atoms with E-state index in [4.69, 9.17) is 4.74 Å². The van der Waals surface area contributed by atoms with Gasteiger partial charge in [-0.2, -0.15) is 0 Å². The molecule has 2 aromatic rings. The van der Waals surface area contributed by atoms with E-state index < -0.39 is 6.10 Å². The fourth-order valence-electron chi connectivity index (χ4n) is 1.86. The summed E-state index contributed by atoms with van der Waals surface area (Å²) >= 11 is 0. The molecule has 1 atom stereocenters. The number of carbonyl (C=O) groups excluding carboxylic acids is 1. The molecule has 1 aromatic heterocycles. The van der Waals surface area contributed by atoms with Crippen molar-refractivity contribution in [1.82, 2.24) is 9.88 Å². The van der Waals surface area contributed by atoms with Crippen molar-refractivity contribution in [3.05, 3.63) is 54.4 Å². The zero-order valence-electron chi connectivity index (χ0n) is 11.3. The molecule has 20 heavy (non-hydrogen) atoms. The molecule has 106 valence electrons. The van der Waals surface area contributed by atoms with Crippen molar-refractivity contribution in [2.45, 2.75) is 6.10 Å². The van der Waals surface area contributed by atoms with Gasteiger partial charge in [0.25, 0.3) is 5.91 Å². The van der Waals surface area contributed by atoms with Crippen molar-refractivity contribution in [2.75, 3.05) is 20.3 Å². The number of ether oxygens (including phenoxy) is 1. The van der Waals surface area contributed by atoms with Gasteiger partial charge < -0.3 is 19.7 Å². The highest BCUT2D eigenvalue weighted by Gasteiger charge is 2.08. The van der Waals surface area contributed by atoms with Crippen LogP contribution in [0, 0.1) is 0 Å². The number of aromatic nitrogens is 1. The molecule has 0 saturated carbocycles. The average molecular weight is 274 g/mol. The van der Waals surface area contributed by atoms with Gasteiger partial charge in [-0.1, -0.05) is 0 Å². The third kappa shape index (κ3) is 3.69. The number of aliphatic hydroxyl groups excluding tert-OH is 1. The van der Waals surface area contributed by atoms with Crippen molar-refractivity contribution in [3.63, 3.8) is 0 Å². The summed E-state index contributed by atoms with van der Waals surface area (Å²) < 4.78 is 6.76. The van der Waals surface area contributed by atoms with Crippen LogP contribution >= 0.6 is 0 Å². The van der Waals surface area contributed by atoms with E-state index >= 15 is 0 Å². The second kappa shape index (κ2) is 6.88. The summed E-state index contributed by atoms with van der Waals surface area (Å²) in [6.45, 7) is 0.374. The number of hydrogen-bond acceptors (Lipinski definition) is 3. The number of nitrogens with zero attached hydrogens (tertiary/aromatic N) is 1. The fraction of sp³-hybridized carbons (Fsp3) is 0.267. The maximum Gasteiger partial charge on any atom is 0.251 e. The number of hydrogen-bond donors (Lipinski definition) is 2. The summed E-state index contributed by atoms with van der Waals surface area (Å²) in [5.74, 6) is -0.209. The summed E-state index contributed by atoms with van der Waals surface area (Å²) in [5.41, 5.74) is 1.55. The Balaban J connectivity index is 1.94. The molecule has 5 nitrogen and oxygen atoms in total. The lowest BCUT2D eigenvalue weighted by molar-refractivity contribution is 0.0610. The lowest BCUT2D eigenvalue weighted by atomic mass is 10.2. The Bertz CT molecular complexity index is 535. The minimum absolute atomic E-state index is 0.173. The Labute approximate surface area is 117 Å². The quantitative estimate of drug-likeness (QED) is 0.832. The van der Waals surface area contributed by atoms with Crippen LogP contribution in [-0.2, 0) is 4.74 Å². The molecule has 0 spiro atoms. The summed E-state index contributed by atoms with van der Waals surface area (Å²) in [5, 5.41) is 12.1. The second-order valence-electron chi connectivity index (χ2n) is 4.46. The van der Waals surface area contributed by atoms with Crippen LogP contribution in [0.1, 0.15) is 10.4 Å². The zero-order valence-corrected chi connectivity index (χ0v) is 11.3. The first-order chi connectivity index (χ1) is 9.70. The lowest BCUT2D eigenvalue weighted by Crippen LogP contribution is -2.34. The molecule has 2 N–H and O–H groups in total. The zero-order chi connectivity index (χ0) is 14.4. The Morgan fingerprint density at radius 2 is 1.95 bits per heavy atom. The van der Waals surface area contributed by atoms with Gasteiger partial charge in [-0.15, -0.1) is 0 Å². The second-order valence-corrected chi connectivity index (χ2v) is 4.46. The molecule has 1 unspecified atom stereocenters. The monoisotopic (exact) mass is 274 g/mol. The van der Waals surface area contributed by atoms with Crippen LogP contribution in [0.25, 0.3) is 5.69 Å². The maximum absolute atomic E-state index is 11.9. The molecule has 0 aliphatic rings. The molecule has 2 rings (SSSR count). The van der Waals surface area contributed by atoms with E-state index in [0.717, 1.165) is 5.69 Å². The molecule has 0 fully saturated rings. The van der Waals surface area contributed by atoms with Gasteiger partial charge in [-0.3, -0.25) is 4.79 Å². The molecule has 0 saturated heterocycles. The summed E-state index contributed by atoms with van der Waals surface area (Å²) in [6.07, 6.45) is 3.19. The van der Waals surface area contributed by atoms with E-state index in [2.05, 4.69) is 5.32 Å².